The molecule has 0 aromatic carbocycles. The summed E-state index contributed by atoms with van der Waals surface area (Å²) in [6.45, 7) is 2.74. The molecule has 0 bridgehead atoms. The molecule has 2 heterocycles. The maximum atomic E-state index is 12.1. The lowest BCUT2D eigenvalue weighted by Crippen LogP contribution is -2.38. The highest BCUT2D eigenvalue weighted by atomic mass is 16.5. The number of hydrogen-bond donors (Lipinski definition) is 2. The zero-order valence-corrected chi connectivity index (χ0v) is 12.9. The minimum absolute atomic E-state index is 0.237. The molecule has 0 aliphatic heterocycles. The second kappa shape index (κ2) is 7.55. The minimum atomic E-state index is -0.375. The molecule has 0 saturated heterocycles. The number of H-pyrrole nitrogens is 1. The Labute approximate surface area is 128 Å². The fourth-order valence-corrected chi connectivity index (χ4v) is 1.80. The topological polar surface area (TPSA) is 109 Å². The van der Waals surface area contributed by atoms with Gasteiger partial charge in [0.25, 0.3) is 0 Å². The van der Waals surface area contributed by atoms with Gasteiger partial charge in [-0.3, -0.25) is 5.10 Å². The molecule has 2 rings (SSSR count). The van der Waals surface area contributed by atoms with Crippen LogP contribution in [0.4, 0.5) is 4.79 Å². The zero-order valence-electron chi connectivity index (χ0n) is 12.9. The predicted octanol–water partition coefficient (Wildman–Crippen LogP) is 0.884. The summed E-state index contributed by atoms with van der Waals surface area (Å²) in [5.41, 5.74) is 0.852. The van der Waals surface area contributed by atoms with Crippen LogP contribution in [-0.4, -0.2) is 52.0 Å². The molecule has 0 fully saturated rings. The third kappa shape index (κ3) is 4.29. The first kappa shape index (κ1) is 16.0. The Hall–Kier alpha value is -2.42. The van der Waals surface area contributed by atoms with E-state index in [9.17, 15) is 4.79 Å². The van der Waals surface area contributed by atoms with Crippen molar-refractivity contribution in [3.63, 3.8) is 0 Å². The molecule has 0 aliphatic carbocycles. The van der Waals surface area contributed by atoms with Gasteiger partial charge in [0.1, 0.15) is 6.04 Å². The molecular formula is C13H20N6O3. The zero-order chi connectivity index (χ0) is 15.9. The third-order valence-corrected chi connectivity index (χ3v) is 3.04. The molecule has 0 radical (unpaired) electrons. The second-order valence-electron chi connectivity index (χ2n) is 4.90. The van der Waals surface area contributed by atoms with Gasteiger partial charge in [-0.15, -0.1) is 0 Å². The lowest BCUT2D eigenvalue weighted by atomic mass is 10.3. The molecule has 120 valence electrons. The number of methoxy groups -OCH3 is 1. The minimum Gasteiger partial charge on any atom is -0.384 e. The quantitative estimate of drug-likeness (QED) is 0.786. The van der Waals surface area contributed by atoms with Crippen molar-refractivity contribution in [3.8, 4) is 0 Å². The van der Waals surface area contributed by atoms with Crippen LogP contribution in [0, 0.1) is 0 Å². The smallest absolute Gasteiger partial charge is 0.318 e. The van der Waals surface area contributed by atoms with Crippen LogP contribution in [0.5, 0.6) is 0 Å². The van der Waals surface area contributed by atoms with Gasteiger partial charge < -0.3 is 19.5 Å². The van der Waals surface area contributed by atoms with Crippen LogP contribution in [-0.2, 0) is 17.7 Å². The van der Waals surface area contributed by atoms with Gasteiger partial charge in [-0.25, -0.2) is 4.79 Å². The summed E-state index contributed by atoms with van der Waals surface area (Å²) in [5, 5.41) is 13.3. The SMILES string of the molecule is COCCc1noc([C@H](C)NC(=O)N(C)Cc2ccn[nH]2)n1. The lowest BCUT2D eigenvalue weighted by molar-refractivity contribution is 0.198. The summed E-state index contributed by atoms with van der Waals surface area (Å²) in [6.07, 6.45) is 2.21. The molecular weight excluding hydrogens is 288 g/mol. The molecule has 2 aromatic rings. The number of aromatic nitrogens is 4. The fraction of sp³-hybridized carbons (Fsp3) is 0.538. The van der Waals surface area contributed by atoms with E-state index in [0.717, 1.165) is 5.69 Å². The predicted molar refractivity (Wildman–Crippen MR) is 76.9 cm³/mol. The average Bonchev–Trinajstić information content (AvgIpc) is 3.16. The number of urea groups is 1. The van der Waals surface area contributed by atoms with Gasteiger partial charge in [0, 0.05) is 26.8 Å². The van der Waals surface area contributed by atoms with Gasteiger partial charge in [-0.05, 0) is 13.0 Å². The van der Waals surface area contributed by atoms with E-state index in [0.29, 0.717) is 31.3 Å². The first-order valence-electron chi connectivity index (χ1n) is 6.91. The number of amides is 2. The maximum Gasteiger partial charge on any atom is 0.318 e. The van der Waals surface area contributed by atoms with Crippen molar-refractivity contribution >= 4 is 6.03 Å². The standard InChI is InChI=1S/C13H20N6O3/c1-9(12-16-11(18-22-12)5-7-21-3)15-13(20)19(2)8-10-4-6-14-17-10/h4,6,9H,5,7-8H2,1-3H3,(H,14,17)(H,15,20)/t9-/m0/s1. The highest BCUT2D eigenvalue weighted by molar-refractivity contribution is 5.74. The first-order valence-corrected chi connectivity index (χ1v) is 6.91. The van der Waals surface area contributed by atoms with Gasteiger partial charge in [0.2, 0.25) is 5.89 Å². The van der Waals surface area contributed by atoms with Gasteiger partial charge in [-0.1, -0.05) is 5.16 Å². The number of carbonyl (C=O) groups is 1. The van der Waals surface area contributed by atoms with E-state index in [1.54, 1.807) is 27.3 Å². The normalized spacial score (nSPS) is 12.1. The van der Waals surface area contributed by atoms with Crippen LogP contribution in [0.2, 0.25) is 0 Å². The number of ether oxygens (including phenoxy) is 1. The Morgan fingerprint density at radius 3 is 3.09 bits per heavy atom. The van der Waals surface area contributed by atoms with Gasteiger partial charge in [0.15, 0.2) is 5.82 Å². The van der Waals surface area contributed by atoms with Crippen LogP contribution in [0.25, 0.3) is 0 Å². The van der Waals surface area contributed by atoms with Crippen molar-refractivity contribution in [3.05, 3.63) is 29.7 Å². The molecule has 0 saturated carbocycles. The molecule has 1 atom stereocenters. The van der Waals surface area contributed by atoms with E-state index in [1.807, 2.05) is 6.07 Å². The van der Waals surface area contributed by atoms with Crippen molar-refractivity contribution < 1.29 is 14.1 Å². The maximum absolute atomic E-state index is 12.1. The second-order valence-corrected chi connectivity index (χ2v) is 4.90. The summed E-state index contributed by atoms with van der Waals surface area (Å²) in [5.74, 6) is 0.929. The Balaban J connectivity index is 1.86. The number of carbonyl (C=O) groups excluding carboxylic acids is 1. The molecule has 22 heavy (non-hydrogen) atoms. The third-order valence-electron chi connectivity index (χ3n) is 3.04. The molecule has 9 nitrogen and oxygen atoms in total. The van der Waals surface area contributed by atoms with Gasteiger partial charge in [0.05, 0.1) is 18.8 Å². The molecule has 9 heteroatoms. The van der Waals surface area contributed by atoms with Gasteiger partial charge in [-0.2, -0.15) is 10.1 Å². The van der Waals surface area contributed by atoms with E-state index in [4.69, 9.17) is 9.26 Å². The Bertz CT molecular complexity index is 582. The summed E-state index contributed by atoms with van der Waals surface area (Å²) in [4.78, 5) is 17.9. The number of hydrogen-bond acceptors (Lipinski definition) is 6. The number of nitrogens with zero attached hydrogens (tertiary/aromatic N) is 4. The largest absolute Gasteiger partial charge is 0.384 e. The average molecular weight is 308 g/mol. The Morgan fingerprint density at radius 2 is 2.41 bits per heavy atom. The number of nitrogens with one attached hydrogen (secondary N) is 2. The molecule has 0 spiro atoms. The summed E-state index contributed by atoms with van der Waals surface area (Å²) >= 11 is 0. The summed E-state index contributed by atoms with van der Waals surface area (Å²) < 4.78 is 10.1. The molecule has 0 aliphatic rings. The Kier molecular flexibility index (Phi) is 5.48. The van der Waals surface area contributed by atoms with Crippen LogP contribution >= 0.6 is 0 Å². The first-order chi connectivity index (χ1) is 10.6. The number of rotatable bonds is 7. The lowest BCUT2D eigenvalue weighted by Gasteiger charge is -2.19. The van der Waals surface area contributed by atoms with Gasteiger partial charge >= 0.3 is 6.03 Å². The summed E-state index contributed by atoms with van der Waals surface area (Å²) in [7, 11) is 3.31. The molecule has 2 N–H and O–H groups in total. The van der Waals surface area contributed by atoms with E-state index in [1.165, 1.54) is 4.90 Å². The molecule has 2 amide bonds. The fourth-order valence-electron chi connectivity index (χ4n) is 1.80. The van der Waals surface area contributed by atoms with Crippen LogP contribution in [0.3, 0.4) is 0 Å². The van der Waals surface area contributed by atoms with Crippen molar-refractivity contribution in [1.29, 1.82) is 0 Å². The van der Waals surface area contributed by atoms with E-state index >= 15 is 0 Å². The van der Waals surface area contributed by atoms with Crippen molar-refractivity contribution in [2.24, 2.45) is 0 Å². The van der Waals surface area contributed by atoms with Crippen molar-refractivity contribution in [2.75, 3.05) is 20.8 Å². The highest BCUT2D eigenvalue weighted by Crippen LogP contribution is 2.10. The summed E-state index contributed by atoms with van der Waals surface area (Å²) in [6, 6.07) is 1.20. The van der Waals surface area contributed by atoms with E-state index < -0.39 is 0 Å². The van der Waals surface area contributed by atoms with Crippen molar-refractivity contribution in [2.45, 2.75) is 25.9 Å². The molecule has 0 unspecified atom stereocenters. The van der Waals surface area contributed by atoms with Crippen molar-refractivity contribution in [1.82, 2.24) is 30.6 Å². The monoisotopic (exact) mass is 308 g/mol. The Morgan fingerprint density at radius 1 is 1.59 bits per heavy atom. The highest BCUT2D eigenvalue weighted by Gasteiger charge is 2.18. The van der Waals surface area contributed by atoms with Crippen LogP contribution in [0.1, 0.15) is 30.4 Å². The molecule has 2 aromatic heterocycles. The van der Waals surface area contributed by atoms with Crippen LogP contribution < -0.4 is 5.32 Å². The number of aromatic amines is 1. The van der Waals surface area contributed by atoms with Crippen LogP contribution in [0.15, 0.2) is 16.8 Å². The van der Waals surface area contributed by atoms with E-state index in [2.05, 4.69) is 25.7 Å². The van der Waals surface area contributed by atoms with E-state index in [-0.39, 0.29) is 12.1 Å².